The van der Waals surface area contributed by atoms with E-state index in [-0.39, 0.29) is 18.5 Å². The third-order valence-electron chi connectivity index (χ3n) is 3.28. The van der Waals surface area contributed by atoms with Crippen LogP contribution in [-0.4, -0.2) is 18.2 Å². The molecular formula is C17H17ClF2N2OS. The summed E-state index contributed by atoms with van der Waals surface area (Å²) in [7, 11) is 0. The SMILES string of the molecule is CC(NC(=O)CNc1ccc(SC(F)F)cc1)c1ccc(Cl)cc1. The molecule has 128 valence electrons. The van der Waals surface area contributed by atoms with E-state index in [9.17, 15) is 13.6 Å². The van der Waals surface area contributed by atoms with Gasteiger partial charge in [0.1, 0.15) is 0 Å². The first-order valence-electron chi connectivity index (χ1n) is 7.27. The summed E-state index contributed by atoms with van der Waals surface area (Å²) >= 11 is 6.33. The molecule has 1 atom stereocenters. The number of thioether (sulfide) groups is 1. The van der Waals surface area contributed by atoms with Gasteiger partial charge >= 0.3 is 0 Å². The molecule has 0 fully saturated rings. The number of amides is 1. The summed E-state index contributed by atoms with van der Waals surface area (Å²) in [6.07, 6.45) is 0. The lowest BCUT2D eigenvalue weighted by Gasteiger charge is -2.15. The average molecular weight is 371 g/mol. The molecule has 2 N–H and O–H groups in total. The summed E-state index contributed by atoms with van der Waals surface area (Å²) in [6, 6.07) is 13.6. The summed E-state index contributed by atoms with van der Waals surface area (Å²) < 4.78 is 24.5. The molecular weight excluding hydrogens is 354 g/mol. The fourth-order valence-corrected chi connectivity index (χ4v) is 2.69. The maximum Gasteiger partial charge on any atom is 0.288 e. The second kappa shape index (κ2) is 8.89. The highest BCUT2D eigenvalue weighted by molar-refractivity contribution is 7.99. The van der Waals surface area contributed by atoms with Crippen molar-refractivity contribution in [2.45, 2.75) is 23.6 Å². The van der Waals surface area contributed by atoms with Crippen LogP contribution in [0.4, 0.5) is 14.5 Å². The second-order valence-corrected chi connectivity index (χ2v) is 6.60. The van der Waals surface area contributed by atoms with E-state index >= 15 is 0 Å². The Labute approximate surface area is 148 Å². The summed E-state index contributed by atoms with van der Waals surface area (Å²) in [4.78, 5) is 12.5. The molecule has 0 aromatic heterocycles. The second-order valence-electron chi connectivity index (χ2n) is 5.10. The number of benzene rings is 2. The maximum atomic E-state index is 12.2. The van der Waals surface area contributed by atoms with Gasteiger partial charge in [0.15, 0.2) is 0 Å². The number of alkyl halides is 2. The molecule has 0 spiro atoms. The van der Waals surface area contributed by atoms with Crippen LogP contribution < -0.4 is 10.6 Å². The molecule has 0 radical (unpaired) electrons. The lowest BCUT2D eigenvalue weighted by atomic mass is 10.1. The molecule has 3 nitrogen and oxygen atoms in total. The van der Waals surface area contributed by atoms with Gasteiger partial charge in [-0.25, -0.2) is 0 Å². The van der Waals surface area contributed by atoms with Crippen molar-refractivity contribution in [2.24, 2.45) is 0 Å². The largest absolute Gasteiger partial charge is 0.376 e. The van der Waals surface area contributed by atoms with Gasteiger partial charge in [-0.1, -0.05) is 35.5 Å². The van der Waals surface area contributed by atoms with Gasteiger partial charge in [-0.15, -0.1) is 0 Å². The molecule has 0 bridgehead atoms. The molecule has 7 heteroatoms. The van der Waals surface area contributed by atoms with Crippen LogP contribution in [0, 0.1) is 0 Å². The molecule has 0 aliphatic rings. The smallest absolute Gasteiger partial charge is 0.288 e. The van der Waals surface area contributed by atoms with Gasteiger partial charge in [0.25, 0.3) is 5.76 Å². The highest BCUT2D eigenvalue weighted by atomic mass is 35.5. The minimum absolute atomic E-state index is 0.0965. The predicted molar refractivity (Wildman–Crippen MR) is 94.8 cm³/mol. The summed E-state index contributed by atoms with van der Waals surface area (Å²) in [5.74, 6) is -2.60. The molecule has 0 aliphatic heterocycles. The standard InChI is InChI=1S/C17H17ClF2N2OS/c1-11(12-2-4-13(18)5-3-12)22-16(23)10-21-14-6-8-15(9-7-14)24-17(19)20/h2-9,11,17,21H,10H2,1H3,(H,22,23). The Morgan fingerprint density at radius 1 is 1.12 bits per heavy atom. The zero-order valence-electron chi connectivity index (χ0n) is 12.9. The minimum atomic E-state index is -2.44. The number of halogens is 3. The van der Waals surface area contributed by atoms with Crippen LogP contribution in [0.25, 0.3) is 0 Å². The Morgan fingerprint density at radius 2 is 1.75 bits per heavy atom. The van der Waals surface area contributed by atoms with Crippen LogP contribution in [0.2, 0.25) is 5.02 Å². The summed E-state index contributed by atoms with van der Waals surface area (Å²) in [5.41, 5.74) is 1.66. The maximum absolute atomic E-state index is 12.2. The first kappa shape index (κ1) is 18.5. The van der Waals surface area contributed by atoms with Crippen LogP contribution in [0.1, 0.15) is 18.5 Å². The van der Waals surface area contributed by atoms with Gasteiger partial charge in [0.2, 0.25) is 5.91 Å². The summed E-state index contributed by atoms with van der Waals surface area (Å²) in [6.45, 7) is 1.98. The van der Waals surface area contributed by atoms with E-state index in [1.807, 2.05) is 19.1 Å². The number of hydrogen-bond acceptors (Lipinski definition) is 3. The van der Waals surface area contributed by atoms with E-state index in [1.54, 1.807) is 36.4 Å². The van der Waals surface area contributed by atoms with E-state index in [0.29, 0.717) is 27.4 Å². The van der Waals surface area contributed by atoms with E-state index in [1.165, 1.54) is 0 Å². The van der Waals surface area contributed by atoms with Crippen molar-refractivity contribution in [3.05, 3.63) is 59.1 Å². The molecule has 0 saturated heterocycles. The Hall–Kier alpha value is -1.79. The van der Waals surface area contributed by atoms with Gasteiger partial charge in [0, 0.05) is 15.6 Å². The van der Waals surface area contributed by atoms with Crippen molar-refractivity contribution in [1.82, 2.24) is 5.32 Å². The topological polar surface area (TPSA) is 41.1 Å². The van der Waals surface area contributed by atoms with Gasteiger partial charge in [-0.2, -0.15) is 8.78 Å². The molecule has 1 amide bonds. The molecule has 24 heavy (non-hydrogen) atoms. The Balaban J connectivity index is 1.81. The molecule has 0 heterocycles. The molecule has 2 aromatic carbocycles. The first-order chi connectivity index (χ1) is 11.4. The highest BCUT2D eigenvalue weighted by Gasteiger charge is 2.09. The van der Waals surface area contributed by atoms with Crippen LogP contribution in [-0.2, 0) is 4.79 Å². The zero-order valence-corrected chi connectivity index (χ0v) is 14.5. The Morgan fingerprint density at radius 3 is 2.33 bits per heavy atom. The molecule has 0 aliphatic carbocycles. The normalized spacial score (nSPS) is 12.0. The lowest BCUT2D eigenvalue weighted by Crippen LogP contribution is -2.32. The predicted octanol–water partition coefficient (Wildman–Crippen LogP) is 4.94. The van der Waals surface area contributed by atoms with Crippen molar-refractivity contribution < 1.29 is 13.6 Å². The number of carbonyl (C=O) groups excluding carboxylic acids is 1. The van der Waals surface area contributed by atoms with E-state index in [4.69, 9.17) is 11.6 Å². The summed E-state index contributed by atoms with van der Waals surface area (Å²) in [5, 5.41) is 6.48. The quantitative estimate of drug-likeness (QED) is 0.678. The van der Waals surface area contributed by atoms with Gasteiger partial charge in [-0.3, -0.25) is 4.79 Å². The van der Waals surface area contributed by atoms with Crippen molar-refractivity contribution in [2.75, 3.05) is 11.9 Å². The molecule has 2 rings (SSSR count). The van der Waals surface area contributed by atoms with Gasteiger partial charge < -0.3 is 10.6 Å². The van der Waals surface area contributed by atoms with Crippen LogP contribution in [0.5, 0.6) is 0 Å². The number of nitrogens with one attached hydrogen (secondary N) is 2. The molecule has 0 saturated carbocycles. The fourth-order valence-electron chi connectivity index (χ4n) is 2.06. The van der Waals surface area contributed by atoms with Crippen LogP contribution >= 0.6 is 23.4 Å². The van der Waals surface area contributed by atoms with Crippen molar-refractivity contribution in [3.63, 3.8) is 0 Å². The number of carbonyl (C=O) groups is 1. The monoisotopic (exact) mass is 370 g/mol. The van der Waals surface area contributed by atoms with Crippen LogP contribution in [0.15, 0.2) is 53.4 Å². The van der Waals surface area contributed by atoms with Crippen molar-refractivity contribution in [3.8, 4) is 0 Å². The lowest BCUT2D eigenvalue weighted by molar-refractivity contribution is -0.120. The number of rotatable bonds is 7. The van der Waals surface area contributed by atoms with E-state index in [2.05, 4.69) is 10.6 Å². The van der Waals surface area contributed by atoms with Crippen molar-refractivity contribution >= 4 is 35.0 Å². The van der Waals surface area contributed by atoms with Crippen LogP contribution in [0.3, 0.4) is 0 Å². The third-order valence-corrected chi connectivity index (χ3v) is 4.25. The Bertz CT molecular complexity index is 665. The average Bonchev–Trinajstić information content (AvgIpc) is 2.54. The number of anilines is 1. The molecule has 1 unspecified atom stereocenters. The van der Waals surface area contributed by atoms with E-state index in [0.717, 1.165) is 5.56 Å². The fraction of sp³-hybridized carbons (Fsp3) is 0.235. The van der Waals surface area contributed by atoms with Gasteiger partial charge in [0.05, 0.1) is 12.6 Å². The first-order valence-corrected chi connectivity index (χ1v) is 8.53. The van der Waals surface area contributed by atoms with E-state index < -0.39 is 5.76 Å². The zero-order chi connectivity index (χ0) is 17.5. The molecule has 2 aromatic rings. The third kappa shape index (κ3) is 6.02. The van der Waals surface area contributed by atoms with Gasteiger partial charge in [-0.05, 0) is 48.9 Å². The Kier molecular flexibility index (Phi) is 6.87. The van der Waals surface area contributed by atoms with Crippen molar-refractivity contribution in [1.29, 1.82) is 0 Å². The number of hydrogen-bond donors (Lipinski definition) is 2. The minimum Gasteiger partial charge on any atom is -0.376 e. The highest BCUT2D eigenvalue weighted by Crippen LogP contribution is 2.26.